The fourth-order valence-electron chi connectivity index (χ4n) is 1.89. The molecular weight excluding hydrogens is 273 g/mol. The van der Waals surface area contributed by atoms with Gasteiger partial charge in [0, 0.05) is 29.2 Å². The summed E-state index contributed by atoms with van der Waals surface area (Å²) in [6.07, 6.45) is 3.39. The molecule has 1 N–H and O–H groups in total. The molecule has 96 valence electrons. The van der Waals surface area contributed by atoms with Crippen LogP contribution in [0, 0.1) is 0 Å². The highest BCUT2D eigenvalue weighted by Crippen LogP contribution is 2.20. The quantitative estimate of drug-likeness (QED) is 0.849. The lowest BCUT2D eigenvalue weighted by atomic mass is 10.2. The van der Waals surface area contributed by atoms with E-state index in [2.05, 4.69) is 0 Å². The number of aliphatic hydroxyl groups excluding tert-OH is 1. The second-order valence-electron chi connectivity index (χ2n) is 4.26. The van der Waals surface area contributed by atoms with Gasteiger partial charge in [-0.05, 0) is 36.3 Å². The van der Waals surface area contributed by atoms with Crippen molar-refractivity contribution in [3.05, 3.63) is 39.9 Å². The van der Waals surface area contributed by atoms with E-state index in [1.807, 2.05) is 0 Å². The Labute approximate surface area is 116 Å². The number of carbonyl (C=O) groups is 1. The third-order valence-corrected chi connectivity index (χ3v) is 3.21. The Bertz CT molecular complexity index is 468. The molecule has 18 heavy (non-hydrogen) atoms. The number of benzene rings is 1. The molecule has 5 heteroatoms. The van der Waals surface area contributed by atoms with Crippen LogP contribution < -0.4 is 0 Å². The van der Waals surface area contributed by atoms with Gasteiger partial charge < -0.3 is 10.0 Å². The van der Waals surface area contributed by atoms with Gasteiger partial charge in [0.05, 0.1) is 6.10 Å². The highest BCUT2D eigenvalue weighted by Gasteiger charge is 2.22. The molecular formula is C13H13Cl2NO2. The maximum absolute atomic E-state index is 11.8. The second-order valence-corrected chi connectivity index (χ2v) is 5.14. The molecule has 1 atom stereocenters. The summed E-state index contributed by atoms with van der Waals surface area (Å²) < 4.78 is 0. The maximum Gasteiger partial charge on any atom is 0.246 e. The number of β-amino-alcohol motifs (C(OH)–C–C–N with tert-alkyl or cyclic N) is 1. The summed E-state index contributed by atoms with van der Waals surface area (Å²) in [5.74, 6) is -0.109. The van der Waals surface area contributed by atoms with Crippen molar-refractivity contribution in [3.63, 3.8) is 0 Å². The van der Waals surface area contributed by atoms with Crippen LogP contribution in [-0.2, 0) is 4.79 Å². The Morgan fingerprint density at radius 1 is 1.33 bits per heavy atom. The number of likely N-dealkylation sites (tertiary alicyclic amines) is 1. The van der Waals surface area contributed by atoms with Crippen LogP contribution in [0.2, 0.25) is 10.0 Å². The first-order valence-electron chi connectivity index (χ1n) is 5.66. The van der Waals surface area contributed by atoms with Gasteiger partial charge in [0.1, 0.15) is 0 Å². The van der Waals surface area contributed by atoms with Crippen molar-refractivity contribution >= 4 is 35.2 Å². The van der Waals surface area contributed by atoms with Crippen molar-refractivity contribution in [3.8, 4) is 0 Å². The van der Waals surface area contributed by atoms with Gasteiger partial charge in [0.15, 0.2) is 0 Å². The van der Waals surface area contributed by atoms with Gasteiger partial charge in [-0.2, -0.15) is 0 Å². The molecule has 2 rings (SSSR count). The third-order valence-electron chi connectivity index (χ3n) is 2.78. The lowest BCUT2D eigenvalue weighted by molar-refractivity contribution is -0.125. The van der Waals surface area contributed by atoms with Gasteiger partial charge in [0.25, 0.3) is 0 Å². The van der Waals surface area contributed by atoms with Gasteiger partial charge in [-0.3, -0.25) is 4.79 Å². The monoisotopic (exact) mass is 285 g/mol. The van der Waals surface area contributed by atoms with Crippen LogP contribution in [0.15, 0.2) is 24.3 Å². The van der Waals surface area contributed by atoms with Crippen LogP contribution in [0.4, 0.5) is 0 Å². The summed E-state index contributed by atoms with van der Waals surface area (Å²) in [7, 11) is 0. The molecule has 1 aromatic rings. The Kier molecular flexibility index (Phi) is 4.27. The van der Waals surface area contributed by atoms with E-state index in [0.29, 0.717) is 29.6 Å². The van der Waals surface area contributed by atoms with E-state index in [0.717, 1.165) is 5.56 Å². The minimum absolute atomic E-state index is 0.109. The van der Waals surface area contributed by atoms with Crippen molar-refractivity contribution in [2.75, 3.05) is 13.1 Å². The molecule has 0 radical (unpaired) electrons. The number of nitrogens with zero attached hydrogens (tertiary/aromatic N) is 1. The van der Waals surface area contributed by atoms with Crippen LogP contribution in [0.3, 0.4) is 0 Å². The zero-order valence-electron chi connectivity index (χ0n) is 9.64. The molecule has 0 bridgehead atoms. The zero-order chi connectivity index (χ0) is 13.1. The summed E-state index contributed by atoms with van der Waals surface area (Å²) in [4.78, 5) is 13.4. The number of hydrogen-bond acceptors (Lipinski definition) is 2. The average Bonchev–Trinajstić information content (AvgIpc) is 2.71. The van der Waals surface area contributed by atoms with Crippen molar-refractivity contribution < 1.29 is 9.90 Å². The SMILES string of the molecule is O=C(C=Cc1cc(Cl)cc(Cl)c1)N1CCC(O)C1. The minimum Gasteiger partial charge on any atom is -0.391 e. The molecule has 3 nitrogen and oxygen atoms in total. The lowest BCUT2D eigenvalue weighted by Crippen LogP contribution is -2.27. The highest BCUT2D eigenvalue weighted by molar-refractivity contribution is 6.34. The number of halogens is 2. The molecule has 1 saturated heterocycles. The van der Waals surface area contributed by atoms with E-state index in [4.69, 9.17) is 23.2 Å². The molecule has 0 saturated carbocycles. The Morgan fingerprint density at radius 2 is 2.00 bits per heavy atom. The molecule has 1 fully saturated rings. The fourth-order valence-corrected chi connectivity index (χ4v) is 2.43. The summed E-state index contributed by atoms with van der Waals surface area (Å²) >= 11 is 11.7. The predicted molar refractivity (Wildman–Crippen MR) is 72.7 cm³/mol. The number of amides is 1. The van der Waals surface area contributed by atoms with Crippen LogP contribution >= 0.6 is 23.2 Å². The van der Waals surface area contributed by atoms with Crippen molar-refractivity contribution in [1.29, 1.82) is 0 Å². The number of hydrogen-bond donors (Lipinski definition) is 1. The van der Waals surface area contributed by atoms with E-state index in [1.165, 1.54) is 6.08 Å². The van der Waals surface area contributed by atoms with Crippen molar-refractivity contribution in [1.82, 2.24) is 4.90 Å². The normalized spacial score (nSPS) is 19.7. The topological polar surface area (TPSA) is 40.5 Å². The Morgan fingerprint density at radius 3 is 2.56 bits per heavy atom. The molecule has 0 spiro atoms. The summed E-state index contributed by atoms with van der Waals surface area (Å²) in [6.45, 7) is 1.00. The maximum atomic E-state index is 11.8. The number of carbonyl (C=O) groups excluding carboxylic acids is 1. The Balaban J connectivity index is 2.04. The minimum atomic E-state index is -0.400. The van der Waals surface area contributed by atoms with Crippen molar-refractivity contribution in [2.45, 2.75) is 12.5 Å². The van der Waals surface area contributed by atoms with E-state index in [9.17, 15) is 9.90 Å². The van der Waals surface area contributed by atoms with Crippen LogP contribution in [-0.4, -0.2) is 35.1 Å². The highest BCUT2D eigenvalue weighted by atomic mass is 35.5. The van der Waals surface area contributed by atoms with Crippen molar-refractivity contribution in [2.24, 2.45) is 0 Å². The molecule has 1 aliphatic heterocycles. The molecule has 0 aliphatic carbocycles. The van der Waals surface area contributed by atoms with E-state index in [-0.39, 0.29) is 5.91 Å². The fraction of sp³-hybridized carbons (Fsp3) is 0.308. The van der Waals surface area contributed by atoms with Gasteiger partial charge >= 0.3 is 0 Å². The zero-order valence-corrected chi connectivity index (χ0v) is 11.2. The predicted octanol–water partition coefficient (Wildman–Crippen LogP) is 2.60. The molecule has 1 unspecified atom stereocenters. The van der Waals surface area contributed by atoms with Gasteiger partial charge in [-0.1, -0.05) is 23.2 Å². The number of rotatable bonds is 2. The average molecular weight is 286 g/mol. The third kappa shape index (κ3) is 3.48. The summed E-state index contributed by atoms with van der Waals surface area (Å²) in [5.41, 5.74) is 0.778. The molecule has 0 aromatic heterocycles. The van der Waals surface area contributed by atoms with Crippen LogP contribution in [0.25, 0.3) is 6.08 Å². The molecule has 1 aromatic carbocycles. The molecule has 1 heterocycles. The van der Waals surface area contributed by atoms with Gasteiger partial charge in [0.2, 0.25) is 5.91 Å². The second kappa shape index (κ2) is 5.74. The molecule has 1 aliphatic rings. The van der Waals surface area contributed by atoms with Gasteiger partial charge in [-0.25, -0.2) is 0 Å². The van der Waals surface area contributed by atoms with E-state index in [1.54, 1.807) is 29.2 Å². The summed E-state index contributed by atoms with van der Waals surface area (Å²) in [6, 6.07) is 5.10. The van der Waals surface area contributed by atoms with Crippen LogP contribution in [0.5, 0.6) is 0 Å². The van der Waals surface area contributed by atoms with E-state index >= 15 is 0 Å². The number of aliphatic hydroxyl groups is 1. The smallest absolute Gasteiger partial charge is 0.246 e. The first-order valence-corrected chi connectivity index (χ1v) is 6.41. The summed E-state index contributed by atoms with van der Waals surface area (Å²) in [5, 5.41) is 10.4. The lowest BCUT2D eigenvalue weighted by Gasteiger charge is -2.12. The van der Waals surface area contributed by atoms with Crippen LogP contribution in [0.1, 0.15) is 12.0 Å². The standard InChI is InChI=1S/C13H13Cl2NO2/c14-10-5-9(6-11(15)7-10)1-2-13(18)16-4-3-12(17)8-16/h1-2,5-7,12,17H,3-4,8H2. The molecule has 1 amide bonds. The first kappa shape index (κ1) is 13.4. The van der Waals surface area contributed by atoms with Gasteiger partial charge in [-0.15, -0.1) is 0 Å². The first-order chi connectivity index (χ1) is 8.54. The largest absolute Gasteiger partial charge is 0.391 e. The van der Waals surface area contributed by atoms with E-state index < -0.39 is 6.10 Å². The Hall–Kier alpha value is -1.03.